The van der Waals surface area contributed by atoms with Crippen LogP contribution in [0.25, 0.3) is 22.6 Å². The van der Waals surface area contributed by atoms with Gasteiger partial charge in [0.1, 0.15) is 0 Å². The Hall–Kier alpha value is -4.52. The van der Waals surface area contributed by atoms with E-state index in [4.69, 9.17) is 9.89 Å². The summed E-state index contributed by atoms with van der Waals surface area (Å²) >= 11 is 0. The first kappa shape index (κ1) is 21.7. The van der Waals surface area contributed by atoms with Gasteiger partial charge in [0.15, 0.2) is 17.3 Å². The Morgan fingerprint density at radius 3 is 2.76 bits per heavy atom. The monoisotopic (exact) mass is 442 g/mol. The molecule has 0 spiro atoms. The van der Waals surface area contributed by atoms with Gasteiger partial charge in [-0.2, -0.15) is 5.26 Å². The Morgan fingerprint density at radius 1 is 1.21 bits per heavy atom. The average molecular weight is 442 g/mol. The second-order valence-corrected chi connectivity index (χ2v) is 7.48. The quantitative estimate of drug-likeness (QED) is 0.181. The zero-order valence-electron chi connectivity index (χ0n) is 18.3. The highest BCUT2D eigenvalue weighted by Gasteiger charge is 2.22. The zero-order valence-corrected chi connectivity index (χ0v) is 18.3. The molecular weight excluding hydrogens is 420 g/mol. The molecule has 0 aliphatic carbocycles. The van der Waals surface area contributed by atoms with Gasteiger partial charge >= 0.3 is 0 Å². The Kier molecular flexibility index (Phi) is 6.40. The van der Waals surface area contributed by atoms with Crippen molar-refractivity contribution in [1.29, 1.82) is 5.26 Å². The number of Topliss-reactive ketones (excluding diaryl/α,β-unsaturated/α-hetero) is 1. The van der Waals surface area contributed by atoms with E-state index in [9.17, 15) is 4.79 Å². The lowest BCUT2D eigenvalue weighted by Crippen LogP contribution is -2.12. The van der Waals surface area contributed by atoms with Gasteiger partial charge in [0.05, 0.1) is 42.1 Å². The fraction of sp³-hybridized carbons (Fsp3) is 0.217. The number of anilines is 1. The van der Waals surface area contributed by atoms with Gasteiger partial charge in [0, 0.05) is 26.2 Å². The van der Waals surface area contributed by atoms with Crippen LogP contribution in [0, 0.1) is 11.3 Å². The standard InChI is InChI=1S/C23H22N8O2/c1-30(2)15-26-17-10-8-16(9-11-17)20(32)14-31-19-7-4-3-6-18(19)27-23(31)21-22(29-33-28-21)25-13-5-12-24/h3-4,6-11,15H,5,13-14H2,1-2H3,(H,25,29)/b26-15+. The van der Waals surface area contributed by atoms with Crippen molar-refractivity contribution in [1.82, 2.24) is 24.8 Å². The van der Waals surface area contributed by atoms with E-state index in [1.165, 1.54) is 0 Å². The van der Waals surface area contributed by atoms with E-state index >= 15 is 0 Å². The van der Waals surface area contributed by atoms with Gasteiger partial charge in [-0.25, -0.2) is 14.6 Å². The number of nitrogens with zero attached hydrogens (tertiary/aromatic N) is 7. The number of rotatable bonds is 9. The van der Waals surface area contributed by atoms with E-state index in [0.29, 0.717) is 35.9 Å². The van der Waals surface area contributed by atoms with Crippen LogP contribution in [0.1, 0.15) is 16.8 Å². The summed E-state index contributed by atoms with van der Waals surface area (Å²) in [5.74, 6) is 0.743. The number of nitrogens with one attached hydrogen (secondary N) is 1. The number of imidazole rings is 1. The molecule has 10 nitrogen and oxygen atoms in total. The van der Waals surface area contributed by atoms with Crippen LogP contribution in [0.3, 0.4) is 0 Å². The van der Waals surface area contributed by atoms with Gasteiger partial charge in [-0.1, -0.05) is 12.1 Å². The van der Waals surface area contributed by atoms with Crippen LogP contribution in [0.15, 0.2) is 58.2 Å². The molecule has 4 rings (SSSR count). The number of hydrogen-bond donors (Lipinski definition) is 1. The van der Waals surface area contributed by atoms with Crippen LogP contribution >= 0.6 is 0 Å². The van der Waals surface area contributed by atoms with Crippen LogP contribution < -0.4 is 5.32 Å². The maximum Gasteiger partial charge on any atom is 0.202 e. The lowest BCUT2D eigenvalue weighted by molar-refractivity contribution is 0.0974. The van der Waals surface area contributed by atoms with Gasteiger partial charge < -0.3 is 14.8 Å². The molecule has 2 aromatic carbocycles. The van der Waals surface area contributed by atoms with Crippen LogP contribution in [0.5, 0.6) is 0 Å². The number of aromatic nitrogens is 4. The Labute approximate surface area is 190 Å². The maximum atomic E-state index is 13.1. The van der Waals surface area contributed by atoms with Crippen molar-refractivity contribution in [3.05, 3.63) is 54.1 Å². The van der Waals surface area contributed by atoms with Crippen molar-refractivity contribution >= 4 is 34.7 Å². The molecule has 0 radical (unpaired) electrons. The van der Waals surface area contributed by atoms with Crippen molar-refractivity contribution in [3.63, 3.8) is 0 Å². The van der Waals surface area contributed by atoms with Crippen molar-refractivity contribution in [2.45, 2.75) is 13.0 Å². The molecule has 4 aromatic rings. The van der Waals surface area contributed by atoms with E-state index < -0.39 is 0 Å². The lowest BCUT2D eigenvalue weighted by Gasteiger charge is -2.09. The second-order valence-electron chi connectivity index (χ2n) is 7.48. The van der Waals surface area contributed by atoms with Gasteiger partial charge in [0.25, 0.3) is 0 Å². The van der Waals surface area contributed by atoms with E-state index in [1.807, 2.05) is 43.3 Å². The minimum absolute atomic E-state index is 0.0562. The topological polar surface area (TPSA) is 125 Å². The fourth-order valence-corrected chi connectivity index (χ4v) is 3.25. The summed E-state index contributed by atoms with van der Waals surface area (Å²) in [6.45, 7) is 0.445. The van der Waals surface area contributed by atoms with Crippen LogP contribution in [0.4, 0.5) is 11.5 Å². The molecule has 2 aromatic heterocycles. The van der Waals surface area contributed by atoms with E-state index in [1.54, 1.807) is 35.2 Å². The molecule has 0 amide bonds. The number of para-hydroxylation sites is 2. The molecule has 10 heteroatoms. The molecule has 0 aliphatic rings. The van der Waals surface area contributed by atoms with Gasteiger partial charge in [0.2, 0.25) is 5.82 Å². The molecule has 0 aliphatic heterocycles. The van der Waals surface area contributed by atoms with E-state index in [2.05, 4.69) is 31.7 Å². The van der Waals surface area contributed by atoms with Gasteiger partial charge in [-0.15, -0.1) is 0 Å². The summed E-state index contributed by atoms with van der Waals surface area (Å²) in [6, 6.07) is 16.7. The normalized spacial score (nSPS) is 11.1. The average Bonchev–Trinajstić information content (AvgIpc) is 3.42. The Bertz CT molecular complexity index is 1330. The molecule has 0 saturated heterocycles. The van der Waals surface area contributed by atoms with Crippen LogP contribution in [0.2, 0.25) is 0 Å². The summed E-state index contributed by atoms with van der Waals surface area (Å²) < 4.78 is 6.72. The van der Waals surface area contributed by atoms with Gasteiger partial charge in [-0.3, -0.25) is 4.79 Å². The fourth-order valence-electron chi connectivity index (χ4n) is 3.25. The van der Waals surface area contributed by atoms with Crippen molar-refractivity contribution in [3.8, 4) is 17.6 Å². The Morgan fingerprint density at radius 2 is 2.00 bits per heavy atom. The molecular formula is C23H22N8O2. The lowest BCUT2D eigenvalue weighted by atomic mass is 10.1. The number of nitriles is 1. The highest BCUT2D eigenvalue weighted by Crippen LogP contribution is 2.28. The highest BCUT2D eigenvalue weighted by molar-refractivity contribution is 5.97. The molecule has 0 unspecified atom stereocenters. The predicted molar refractivity (Wildman–Crippen MR) is 124 cm³/mol. The second kappa shape index (κ2) is 9.74. The predicted octanol–water partition coefficient (Wildman–Crippen LogP) is 3.52. The number of hydrogen-bond acceptors (Lipinski definition) is 8. The molecule has 2 heterocycles. The first-order chi connectivity index (χ1) is 16.1. The number of carbonyl (C=O) groups excluding carboxylic acids is 1. The molecule has 0 atom stereocenters. The van der Waals surface area contributed by atoms with Crippen LogP contribution in [-0.4, -0.2) is 57.5 Å². The number of aliphatic imine (C=N–C) groups is 1. The van der Waals surface area contributed by atoms with Crippen molar-refractivity contribution < 1.29 is 9.42 Å². The van der Waals surface area contributed by atoms with Crippen molar-refractivity contribution in [2.24, 2.45) is 4.99 Å². The smallest absolute Gasteiger partial charge is 0.202 e. The highest BCUT2D eigenvalue weighted by atomic mass is 16.6. The number of fused-ring (bicyclic) bond motifs is 1. The summed E-state index contributed by atoms with van der Waals surface area (Å²) in [4.78, 5) is 24.0. The third kappa shape index (κ3) is 4.88. The first-order valence-corrected chi connectivity index (χ1v) is 10.3. The Balaban J connectivity index is 1.65. The number of carbonyl (C=O) groups is 1. The third-order valence-electron chi connectivity index (χ3n) is 4.81. The molecule has 0 fully saturated rings. The summed E-state index contributed by atoms with van der Waals surface area (Å²) in [6.07, 6.45) is 2.00. The van der Waals surface area contributed by atoms with Gasteiger partial charge in [-0.05, 0) is 46.7 Å². The number of benzene rings is 2. The van der Waals surface area contributed by atoms with Crippen LogP contribution in [-0.2, 0) is 6.54 Å². The summed E-state index contributed by atoms with van der Waals surface area (Å²) in [7, 11) is 3.78. The molecule has 1 N–H and O–H groups in total. The largest absolute Gasteiger partial charge is 0.369 e. The third-order valence-corrected chi connectivity index (χ3v) is 4.81. The molecule has 33 heavy (non-hydrogen) atoms. The molecule has 166 valence electrons. The maximum absolute atomic E-state index is 13.1. The summed E-state index contributed by atoms with van der Waals surface area (Å²) in [5, 5.41) is 19.7. The zero-order chi connectivity index (χ0) is 23.2. The van der Waals surface area contributed by atoms with E-state index in [-0.39, 0.29) is 12.3 Å². The first-order valence-electron chi connectivity index (χ1n) is 10.3. The molecule has 0 bridgehead atoms. The van der Waals surface area contributed by atoms with E-state index in [0.717, 1.165) is 16.7 Å². The minimum Gasteiger partial charge on any atom is -0.369 e. The minimum atomic E-state index is -0.0852. The van der Waals surface area contributed by atoms with Crippen molar-refractivity contribution in [2.75, 3.05) is 26.0 Å². The SMILES string of the molecule is CN(C)/C=N/c1ccc(C(=O)Cn2c(-c3nonc3NCCC#N)nc3ccccc32)cc1. The summed E-state index contributed by atoms with van der Waals surface area (Å²) in [5.41, 5.74) is 3.22. The number of ketones is 1. The molecule has 0 saturated carbocycles.